The number of H-pyrrole nitrogens is 1. The molecular weight excluding hydrogens is 176 g/mol. The van der Waals surface area contributed by atoms with Crippen LogP contribution in [-0.2, 0) is 6.54 Å². The lowest BCUT2D eigenvalue weighted by Gasteiger charge is -2.00. The molecule has 2 heterocycles. The molecule has 14 heavy (non-hydrogen) atoms. The van der Waals surface area contributed by atoms with Crippen LogP contribution in [0.4, 0.5) is 0 Å². The second-order valence-corrected chi connectivity index (χ2v) is 2.97. The molecule has 4 nitrogen and oxygen atoms in total. The van der Waals surface area contributed by atoms with Gasteiger partial charge in [0.25, 0.3) is 0 Å². The molecule has 2 N–H and O–H groups in total. The lowest BCUT2D eigenvalue weighted by molar-refractivity contribution is 0.759. The summed E-state index contributed by atoms with van der Waals surface area (Å²) in [5.74, 6) is 0.805. The van der Waals surface area contributed by atoms with E-state index in [2.05, 4.69) is 20.3 Å². The zero-order chi connectivity index (χ0) is 9.80. The molecule has 2 rings (SSSR count). The van der Waals surface area contributed by atoms with E-state index in [1.165, 1.54) is 0 Å². The van der Waals surface area contributed by atoms with Crippen LogP contribution in [0.1, 0.15) is 5.82 Å². The quantitative estimate of drug-likeness (QED) is 0.760. The predicted octanol–water partition coefficient (Wildman–Crippen LogP) is 1.19. The van der Waals surface area contributed by atoms with Gasteiger partial charge in [0.05, 0.1) is 17.9 Å². The molecule has 0 amide bonds. The standard InChI is InChI=1S/C10H12N4/c1-11-7-10-13-6-4-9(14-10)8-3-2-5-12-8/h2-6,11-12H,7H2,1H3. The third kappa shape index (κ3) is 1.80. The van der Waals surface area contributed by atoms with E-state index in [0.717, 1.165) is 17.2 Å². The number of hydrogen-bond donors (Lipinski definition) is 2. The molecule has 0 fully saturated rings. The van der Waals surface area contributed by atoms with Gasteiger partial charge in [-0.1, -0.05) is 0 Å². The molecule has 4 heteroatoms. The highest BCUT2D eigenvalue weighted by molar-refractivity contribution is 5.53. The summed E-state index contributed by atoms with van der Waals surface area (Å²) < 4.78 is 0. The first kappa shape index (κ1) is 8.90. The van der Waals surface area contributed by atoms with Crippen LogP contribution >= 0.6 is 0 Å². The topological polar surface area (TPSA) is 53.6 Å². The molecule has 0 aliphatic heterocycles. The number of nitrogens with one attached hydrogen (secondary N) is 2. The maximum absolute atomic E-state index is 4.40. The van der Waals surface area contributed by atoms with Gasteiger partial charge in [0.15, 0.2) is 0 Å². The number of aromatic amines is 1. The van der Waals surface area contributed by atoms with Crippen molar-refractivity contribution in [3.05, 3.63) is 36.4 Å². The van der Waals surface area contributed by atoms with E-state index in [-0.39, 0.29) is 0 Å². The fourth-order valence-corrected chi connectivity index (χ4v) is 1.28. The third-order valence-corrected chi connectivity index (χ3v) is 1.91. The average Bonchev–Trinajstić information content (AvgIpc) is 2.71. The molecule has 2 aromatic heterocycles. The molecule has 2 aromatic rings. The van der Waals surface area contributed by atoms with E-state index in [9.17, 15) is 0 Å². The monoisotopic (exact) mass is 188 g/mol. The van der Waals surface area contributed by atoms with Crippen molar-refractivity contribution in [1.82, 2.24) is 20.3 Å². The SMILES string of the molecule is CNCc1nccc(-c2ccc[nH]2)n1. The summed E-state index contributed by atoms with van der Waals surface area (Å²) in [5.41, 5.74) is 1.94. The molecule has 0 aromatic carbocycles. The Morgan fingerprint density at radius 1 is 1.43 bits per heavy atom. The highest BCUT2D eigenvalue weighted by Gasteiger charge is 2.01. The molecule has 0 spiro atoms. The average molecular weight is 188 g/mol. The van der Waals surface area contributed by atoms with Gasteiger partial charge in [-0.05, 0) is 25.2 Å². The molecule has 0 atom stereocenters. The Bertz CT molecular complexity index is 394. The van der Waals surface area contributed by atoms with Crippen molar-refractivity contribution in [2.24, 2.45) is 0 Å². The first-order valence-corrected chi connectivity index (χ1v) is 4.50. The Morgan fingerprint density at radius 3 is 3.07 bits per heavy atom. The van der Waals surface area contributed by atoms with Gasteiger partial charge < -0.3 is 10.3 Å². The fraction of sp³-hybridized carbons (Fsp3) is 0.200. The van der Waals surface area contributed by atoms with Gasteiger partial charge in [-0.2, -0.15) is 0 Å². The smallest absolute Gasteiger partial charge is 0.142 e. The summed E-state index contributed by atoms with van der Waals surface area (Å²) in [6.45, 7) is 0.689. The molecule has 0 bridgehead atoms. The van der Waals surface area contributed by atoms with Crippen LogP contribution < -0.4 is 5.32 Å². The second-order valence-electron chi connectivity index (χ2n) is 2.97. The van der Waals surface area contributed by atoms with E-state index in [4.69, 9.17) is 0 Å². The van der Waals surface area contributed by atoms with E-state index in [1.54, 1.807) is 6.20 Å². The van der Waals surface area contributed by atoms with Gasteiger partial charge >= 0.3 is 0 Å². The van der Waals surface area contributed by atoms with Crippen LogP contribution in [0.3, 0.4) is 0 Å². The normalized spacial score (nSPS) is 10.4. The van der Waals surface area contributed by atoms with Gasteiger partial charge in [-0.25, -0.2) is 9.97 Å². The highest BCUT2D eigenvalue weighted by atomic mass is 15.0. The van der Waals surface area contributed by atoms with Crippen molar-refractivity contribution in [2.45, 2.75) is 6.54 Å². The first-order chi connectivity index (χ1) is 6.90. The van der Waals surface area contributed by atoms with Crippen LogP contribution in [0.25, 0.3) is 11.4 Å². The Morgan fingerprint density at radius 2 is 2.36 bits per heavy atom. The zero-order valence-electron chi connectivity index (χ0n) is 7.99. The maximum Gasteiger partial charge on any atom is 0.142 e. The Labute approximate surface area is 82.4 Å². The molecule has 0 unspecified atom stereocenters. The van der Waals surface area contributed by atoms with Crippen LogP contribution in [0, 0.1) is 0 Å². The van der Waals surface area contributed by atoms with Crippen LogP contribution in [0.5, 0.6) is 0 Å². The largest absolute Gasteiger partial charge is 0.360 e. The summed E-state index contributed by atoms with van der Waals surface area (Å²) in [7, 11) is 1.88. The number of rotatable bonds is 3. The molecule has 0 aliphatic carbocycles. The second kappa shape index (κ2) is 4.02. The number of aromatic nitrogens is 3. The predicted molar refractivity (Wildman–Crippen MR) is 54.6 cm³/mol. The Balaban J connectivity index is 2.31. The van der Waals surface area contributed by atoms with Crippen molar-refractivity contribution in [1.29, 1.82) is 0 Å². The summed E-state index contributed by atoms with van der Waals surface area (Å²) in [5, 5.41) is 3.02. The van der Waals surface area contributed by atoms with E-state index in [0.29, 0.717) is 6.54 Å². The van der Waals surface area contributed by atoms with Gasteiger partial charge in [0, 0.05) is 12.4 Å². The van der Waals surface area contributed by atoms with Gasteiger partial charge in [0.2, 0.25) is 0 Å². The lowest BCUT2D eigenvalue weighted by atomic mass is 10.3. The number of hydrogen-bond acceptors (Lipinski definition) is 3. The van der Waals surface area contributed by atoms with Gasteiger partial charge in [0.1, 0.15) is 5.82 Å². The van der Waals surface area contributed by atoms with Crippen molar-refractivity contribution < 1.29 is 0 Å². The minimum Gasteiger partial charge on any atom is -0.360 e. The van der Waals surface area contributed by atoms with Crippen molar-refractivity contribution >= 4 is 0 Å². The maximum atomic E-state index is 4.40. The summed E-state index contributed by atoms with van der Waals surface area (Å²) in [6, 6.07) is 5.84. The van der Waals surface area contributed by atoms with Crippen LogP contribution in [0.15, 0.2) is 30.6 Å². The molecular formula is C10H12N4. The summed E-state index contributed by atoms with van der Waals surface area (Å²) in [4.78, 5) is 11.7. The first-order valence-electron chi connectivity index (χ1n) is 4.50. The Kier molecular flexibility index (Phi) is 2.55. The van der Waals surface area contributed by atoms with Gasteiger partial charge in [-0.15, -0.1) is 0 Å². The Hall–Kier alpha value is -1.68. The zero-order valence-corrected chi connectivity index (χ0v) is 7.99. The van der Waals surface area contributed by atoms with Crippen molar-refractivity contribution in [2.75, 3.05) is 7.05 Å². The highest BCUT2D eigenvalue weighted by Crippen LogP contribution is 2.12. The molecule has 0 radical (unpaired) electrons. The minimum absolute atomic E-state index is 0.689. The van der Waals surface area contributed by atoms with Crippen LogP contribution in [0.2, 0.25) is 0 Å². The molecule has 0 aliphatic rings. The number of nitrogens with zero attached hydrogens (tertiary/aromatic N) is 2. The fourth-order valence-electron chi connectivity index (χ4n) is 1.28. The van der Waals surface area contributed by atoms with E-state index >= 15 is 0 Å². The van der Waals surface area contributed by atoms with Crippen LogP contribution in [-0.4, -0.2) is 22.0 Å². The molecule has 72 valence electrons. The summed E-state index contributed by atoms with van der Waals surface area (Å²) in [6.07, 6.45) is 3.66. The summed E-state index contributed by atoms with van der Waals surface area (Å²) >= 11 is 0. The van der Waals surface area contributed by atoms with E-state index < -0.39 is 0 Å². The van der Waals surface area contributed by atoms with E-state index in [1.807, 2.05) is 31.4 Å². The van der Waals surface area contributed by atoms with Gasteiger partial charge in [-0.3, -0.25) is 0 Å². The minimum atomic E-state index is 0.689. The molecule has 0 saturated carbocycles. The third-order valence-electron chi connectivity index (χ3n) is 1.91. The molecule has 0 saturated heterocycles. The lowest BCUT2D eigenvalue weighted by Crippen LogP contribution is -2.09. The van der Waals surface area contributed by atoms with Crippen molar-refractivity contribution in [3.63, 3.8) is 0 Å². The van der Waals surface area contributed by atoms with Crippen molar-refractivity contribution in [3.8, 4) is 11.4 Å².